The molecule has 1 amide bonds. The lowest BCUT2D eigenvalue weighted by Gasteiger charge is -2.14. The van der Waals surface area contributed by atoms with Crippen molar-refractivity contribution < 1.29 is 9.18 Å². The van der Waals surface area contributed by atoms with E-state index in [4.69, 9.17) is 0 Å². The number of hydrogen-bond acceptors (Lipinski definition) is 2. The molecular weight excluding hydrogens is 243 g/mol. The van der Waals surface area contributed by atoms with Gasteiger partial charge in [0.2, 0.25) is 5.91 Å². The first-order valence-electron chi connectivity index (χ1n) is 6.88. The van der Waals surface area contributed by atoms with Crippen LogP contribution in [0.3, 0.4) is 0 Å². The van der Waals surface area contributed by atoms with E-state index >= 15 is 0 Å². The Bertz CT molecular complexity index is 432. The van der Waals surface area contributed by atoms with E-state index in [0.717, 1.165) is 12.5 Å². The third-order valence-electron chi connectivity index (χ3n) is 3.31. The monoisotopic (exact) mass is 264 g/mol. The molecule has 1 aliphatic rings. The number of nitrogens with one attached hydrogen (secondary N) is 2. The van der Waals surface area contributed by atoms with Crippen LogP contribution in [0.4, 0.5) is 4.39 Å². The van der Waals surface area contributed by atoms with Crippen molar-refractivity contribution in [3.8, 4) is 0 Å². The fraction of sp³-hybridized carbons (Fsp3) is 0.533. The maximum Gasteiger partial charge on any atom is 0.234 e. The summed E-state index contributed by atoms with van der Waals surface area (Å²) in [6.07, 6.45) is 3.07. The quantitative estimate of drug-likeness (QED) is 0.789. The summed E-state index contributed by atoms with van der Waals surface area (Å²) in [4.78, 5) is 11.7. The molecule has 1 aromatic rings. The number of benzene rings is 1. The molecule has 0 bridgehead atoms. The van der Waals surface area contributed by atoms with Crippen molar-refractivity contribution in [1.82, 2.24) is 10.6 Å². The highest BCUT2D eigenvalue weighted by atomic mass is 19.1. The Hall–Kier alpha value is -1.42. The summed E-state index contributed by atoms with van der Waals surface area (Å²) in [6.45, 7) is 3.17. The standard InChI is InChI=1S/C15H21FN2O/c1-11(8-13-4-2-3-5-14(13)16)18-15(19)10-17-9-12-6-7-12/h2-5,11-12,17H,6-10H2,1H3,(H,18,19). The van der Waals surface area contributed by atoms with Crippen molar-refractivity contribution in [2.24, 2.45) is 5.92 Å². The van der Waals surface area contributed by atoms with Crippen molar-refractivity contribution in [2.45, 2.75) is 32.2 Å². The fourth-order valence-corrected chi connectivity index (χ4v) is 2.08. The van der Waals surface area contributed by atoms with E-state index in [0.29, 0.717) is 18.5 Å². The summed E-state index contributed by atoms with van der Waals surface area (Å²) < 4.78 is 13.5. The molecule has 19 heavy (non-hydrogen) atoms. The Morgan fingerprint density at radius 1 is 1.42 bits per heavy atom. The third kappa shape index (κ3) is 4.99. The van der Waals surface area contributed by atoms with Crippen LogP contribution in [-0.4, -0.2) is 25.0 Å². The van der Waals surface area contributed by atoms with Gasteiger partial charge in [-0.15, -0.1) is 0 Å². The van der Waals surface area contributed by atoms with E-state index in [1.54, 1.807) is 12.1 Å². The van der Waals surface area contributed by atoms with E-state index in [2.05, 4.69) is 10.6 Å². The molecule has 1 unspecified atom stereocenters. The minimum Gasteiger partial charge on any atom is -0.352 e. The summed E-state index contributed by atoms with van der Waals surface area (Å²) in [5, 5.41) is 6.02. The van der Waals surface area contributed by atoms with Crippen LogP contribution in [0, 0.1) is 11.7 Å². The maximum atomic E-state index is 13.5. The molecule has 1 aliphatic carbocycles. The molecule has 1 fully saturated rings. The van der Waals surface area contributed by atoms with Crippen LogP contribution in [0.25, 0.3) is 0 Å². The second-order valence-electron chi connectivity index (χ2n) is 5.34. The zero-order valence-electron chi connectivity index (χ0n) is 11.3. The molecule has 0 radical (unpaired) electrons. The van der Waals surface area contributed by atoms with Gasteiger partial charge in [0, 0.05) is 6.04 Å². The van der Waals surface area contributed by atoms with E-state index in [-0.39, 0.29) is 17.8 Å². The van der Waals surface area contributed by atoms with Gasteiger partial charge in [0.25, 0.3) is 0 Å². The first-order chi connectivity index (χ1) is 9.15. The first-order valence-corrected chi connectivity index (χ1v) is 6.88. The molecule has 1 saturated carbocycles. The number of halogens is 1. The molecule has 104 valence electrons. The molecule has 0 aromatic heterocycles. The van der Waals surface area contributed by atoms with Gasteiger partial charge in [-0.1, -0.05) is 18.2 Å². The minimum atomic E-state index is -0.213. The predicted octanol–water partition coefficient (Wildman–Crippen LogP) is 1.87. The van der Waals surface area contributed by atoms with Crippen molar-refractivity contribution >= 4 is 5.91 Å². The normalized spacial score (nSPS) is 16.1. The Labute approximate surface area is 113 Å². The molecule has 4 heteroatoms. The lowest BCUT2D eigenvalue weighted by molar-refractivity contribution is -0.120. The van der Waals surface area contributed by atoms with Crippen LogP contribution in [-0.2, 0) is 11.2 Å². The van der Waals surface area contributed by atoms with Gasteiger partial charge < -0.3 is 10.6 Å². The Morgan fingerprint density at radius 2 is 2.16 bits per heavy atom. The number of hydrogen-bond donors (Lipinski definition) is 2. The molecule has 0 heterocycles. The van der Waals surface area contributed by atoms with Crippen molar-refractivity contribution in [3.63, 3.8) is 0 Å². The Balaban J connectivity index is 1.69. The SMILES string of the molecule is CC(Cc1ccccc1F)NC(=O)CNCC1CC1. The number of amides is 1. The summed E-state index contributed by atoms with van der Waals surface area (Å²) >= 11 is 0. The van der Waals surface area contributed by atoms with Crippen molar-refractivity contribution in [2.75, 3.05) is 13.1 Å². The van der Waals surface area contributed by atoms with Gasteiger partial charge in [0.15, 0.2) is 0 Å². The summed E-state index contributed by atoms with van der Waals surface area (Å²) in [7, 11) is 0. The Morgan fingerprint density at radius 3 is 2.84 bits per heavy atom. The zero-order chi connectivity index (χ0) is 13.7. The van der Waals surface area contributed by atoms with Crippen LogP contribution in [0.5, 0.6) is 0 Å². The average molecular weight is 264 g/mol. The number of carbonyl (C=O) groups excluding carboxylic acids is 1. The highest BCUT2D eigenvalue weighted by Crippen LogP contribution is 2.27. The van der Waals surface area contributed by atoms with Gasteiger partial charge in [0.1, 0.15) is 5.82 Å². The van der Waals surface area contributed by atoms with Crippen molar-refractivity contribution in [3.05, 3.63) is 35.6 Å². The highest BCUT2D eigenvalue weighted by molar-refractivity contribution is 5.78. The van der Waals surface area contributed by atoms with Crippen molar-refractivity contribution in [1.29, 1.82) is 0 Å². The predicted molar refractivity (Wildman–Crippen MR) is 73.3 cm³/mol. The third-order valence-corrected chi connectivity index (χ3v) is 3.31. The van der Waals surface area contributed by atoms with Crippen LogP contribution >= 0.6 is 0 Å². The lowest BCUT2D eigenvalue weighted by Crippen LogP contribution is -2.40. The topological polar surface area (TPSA) is 41.1 Å². The molecule has 0 spiro atoms. The van der Waals surface area contributed by atoms with Crippen LogP contribution in [0.15, 0.2) is 24.3 Å². The molecular formula is C15H21FN2O. The fourth-order valence-electron chi connectivity index (χ4n) is 2.08. The van der Waals surface area contributed by atoms with Crippen LogP contribution < -0.4 is 10.6 Å². The highest BCUT2D eigenvalue weighted by Gasteiger charge is 2.20. The second-order valence-corrected chi connectivity index (χ2v) is 5.34. The summed E-state index contributed by atoms with van der Waals surface area (Å²) in [5.41, 5.74) is 0.640. The van der Waals surface area contributed by atoms with E-state index in [1.165, 1.54) is 18.9 Å². The van der Waals surface area contributed by atoms with Crippen LogP contribution in [0.1, 0.15) is 25.3 Å². The molecule has 3 nitrogen and oxygen atoms in total. The second kappa shape index (κ2) is 6.66. The number of carbonyl (C=O) groups is 1. The minimum absolute atomic E-state index is 0.0236. The molecule has 0 saturated heterocycles. The first kappa shape index (κ1) is 14.0. The van der Waals surface area contributed by atoms with E-state index in [1.807, 2.05) is 13.0 Å². The van der Waals surface area contributed by atoms with Gasteiger partial charge in [-0.25, -0.2) is 4.39 Å². The summed E-state index contributed by atoms with van der Waals surface area (Å²) in [6, 6.07) is 6.62. The molecule has 2 rings (SSSR count). The van der Waals surface area contributed by atoms with E-state index < -0.39 is 0 Å². The lowest BCUT2D eigenvalue weighted by atomic mass is 10.1. The Kier molecular flexibility index (Phi) is 4.91. The largest absolute Gasteiger partial charge is 0.352 e. The van der Waals surface area contributed by atoms with Gasteiger partial charge in [-0.05, 0) is 50.3 Å². The van der Waals surface area contributed by atoms with Gasteiger partial charge in [-0.3, -0.25) is 4.79 Å². The van der Waals surface area contributed by atoms with E-state index in [9.17, 15) is 9.18 Å². The number of rotatable bonds is 7. The molecule has 2 N–H and O–H groups in total. The van der Waals surface area contributed by atoms with Gasteiger partial charge >= 0.3 is 0 Å². The molecule has 1 aromatic carbocycles. The van der Waals surface area contributed by atoms with Crippen LogP contribution in [0.2, 0.25) is 0 Å². The molecule has 1 atom stereocenters. The van der Waals surface area contributed by atoms with Gasteiger partial charge in [-0.2, -0.15) is 0 Å². The summed E-state index contributed by atoms with van der Waals surface area (Å²) in [5.74, 6) is 0.531. The zero-order valence-corrected chi connectivity index (χ0v) is 11.3. The molecule has 0 aliphatic heterocycles. The average Bonchev–Trinajstić information content (AvgIpc) is 3.16. The smallest absolute Gasteiger partial charge is 0.234 e. The van der Waals surface area contributed by atoms with Gasteiger partial charge in [0.05, 0.1) is 6.54 Å². The maximum absolute atomic E-state index is 13.5.